The standard InChI is InChI=1S/C17H24BrN3O2.ClH/c1-11(2)15(17(23)20-12-6-5-9-19-10-12)21-16(22)13-7-3-4-8-14(13)18;/h3-4,7-8,11-12,15,19H,5-6,9-10H2,1-2H3,(H,20,23)(H,21,22);1H/t12-,15?;/m0./s1. The Kier molecular flexibility index (Phi) is 8.73. The Labute approximate surface area is 157 Å². The monoisotopic (exact) mass is 417 g/mol. The van der Waals surface area contributed by atoms with Gasteiger partial charge in [0.1, 0.15) is 6.04 Å². The first-order valence-corrected chi connectivity index (χ1v) is 8.85. The number of benzene rings is 1. The Hall–Kier alpha value is -1.11. The van der Waals surface area contributed by atoms with E-state index in [1.165, 1.54) is 0 Å². The van der Waals surface area contributed by atoms with E-state index >= 15 is 0 Å². The van der Waals surface area contributed by atoms with Crippen LogP contribution in [0.4, 0.5) is 0 Å². The van der Waals surface area contributed by atoms with E-state index < -0.39 is 6.04 Å². The van der Waals surface area contributed by atoms with Gasteiger partial charge < -0.3 is 16.0 Å². The molecule has 3 N–H and O–H groups in total. The van der Waals surface area contributed by atoms with E-state index in [2.05, 4.69) is 31.9 Å². The third kappa shape index (κ3) is 5.76. The molecular weight excluding hydrogens is 394 g/mol. The zero-order chi connectivity index (χ0) is 16.8. The zero-order valence-corrected chi connectivity index (χ0v) is 16.4. The normalized spacial score (nSPS) is 18.4. The van der Waals surface area contributed by atoms with Gasteiger partial charge in [-0.1, -0.05) is 26.0 Å². The molecule has 0 aromatic heterocycles. The fourth-order valence-electron chi connectivity index (χ4n) is 2.67. The summed E-state index contributed by atoms with van der Waals surface area (Å²) in [6.45, 7) is 5.65. The minimum absolute atomic E-state index is 0. The van der Waals surface area contributed by atoms with E-state index in [1.807, 2.05) is 26.0 Å². The number of hydrogen-bond acceptors (Lipinski definition) is 3. The van der Waals surface area contributed by atoms with Gasteiger partial charge in [0.15, 0.2) is 0 Å². The Bertz CT molecular complexity index is 563. The lowest BCUT2D eigenvalue weighted by Gasteiger charge is -2.28. The molecule has 24 heavy (non-hydrogen) atoms. The van der Waals surface area contributed by atoms with Gasteiger partial charge in [-0.3, -0.25) is 9.59 Å². The molecule has 5 nitrogen and oxygen atoms in total. The topological polar surface area (TPSA) is 70.2 Å². The molecule has 0 bridgehead atoms. The fraction of sp³-hybridized carbons (Fsp3) is 0.529. The summed E-state index contributed by atoms with van der Waals surface area (Å²) in [5.74, 6) is -0.347. The highest BCUT2D eigenvalue weighted by atomic mass is 79.9. The molecule has 2 atom stereocenters. The number of piperidine rings is 1. The molecule has 1 aliphatic rings. The van der Waals surface area contributed by atoms with Gasteiger partial charge in [-0.15, -0.1) is 12.4 Å². The van der Waals surface area contributed by atoms with Gasteiger partial charge in [0, 0.05) is 17.1 Å². The number of hydrogen-bond donors (Lipinski definition) is 3. The summed E-state index contributed by atoms with van der Waals surface area (Å²) in [4.78, 5) is 25.0. The molecule has 2 amide bonds. The van der Waals surface area contributed by atoms with Crippen LogP contribution in [0.3, 0.4) is 0 Å². The molecule has 1 aliphatic heterocycles. The molecule has 134 valence electrons. The number of halogens is 2. The van der Waals surface area contributed by atoms with Crippen molar-refractivity contribution >= 4 is 40.2 Å². The second-order valence-corrected chi connectivity index (χ2v) is 7.08. The summed E-state index contributed by atoms with van der Waals surface area (Å²) in [5.41, 5.74) is 0.533. The summed E-state index contributed by atoms with van der Waals surface area (Å²) in [5, 5.41) is 9.18. The third-order valence-corrected chi connectivity index (χ3v) is 4.69. The van der Waals surface area contributed by atoms with E-state index in [-0.39, 0.29) is 36.2 Å². The highest BCUT2D eigenvalue weighted by Gasteiger charge is 2.27. The van der Waals surface area contributed by atoms with Crippen molar-refractivity contribution in [2.75, 3.05) is 13.1 Å². The Balaban J connectivity index is 0.00000288. The van der Waals surface area contributed by atoms with Crippen molar-refractivity contribution in [2.24, 2.45) is 5.92 Å². The van der Waals surface area contributed by atoms with E-state index in [1.54, 1.807) is 12.1 Å². The summed E-state index contributed by atoms with van der Waals surface area (Å²) < 4.78 is 0.719. The van der Waals surface area contributed by atoms with Crippen LogP contribution in [0.1, 0.15) is 37.0 Å². The first-order valence-electron chi connectivity index (χ1n) is 8.05. The van der Waals surface area contributed by atoms with Gasteiger partial charge in [-0.2, -0.15) is 0 Å². The van der Waals surface area contributed by atoms with Crippen LogP contribution in [-0.4, -0.2) is 37.0 Å². The van der Waals surface area contributed by atoms with Crippen molar-refractivity contribution in [3.05, 3.63) is 34.3 Å². The first kappa shape index (κ1) is 20.9. The van der Waals surface area contributed by atoms with Crippen LogP contribution in [0, 0.1) is 5.92 Å². The molecule has 7 heteroatoms. The lowest BCUT2D eigenvalue weighted by molar-refractivity contribution is -0.124. The maximum absolute atomic E-state index is 12.5. The fourth-order valence-corrected chi connectivity index (χ4v) is 3.13. The van der Waals surface area contributed by atoms with E-state index in [0.717, 1.165) is 30.4 Å². The SMILES string of the molecule is CC(C)C(NC(=O)c1ccccc1Br)C(=O)N[C@H]1CCCNC1.Cl. The van der Waals surface area contributed by atoms with Crippen LogP contribution in [0.15, 0.2) is 28.7 Å². The number of carbonyl (C=O) groups is 2. The molecule has 1 heterocycles. The average molecular weight is 419 g/mol. The molecular formula is C17H25BrClN3O2. The van der Waals surface area contributed by atoms with Gasteiger partial charge in [0.2, 0.25) is 5.91 Å². The summed E-state index contributed by atoms with van der Waals surface area (Å²) >= 11 is 3.37. The molecule has 0 spiro atoms. The number of amides is 2. The van der Waals surface area contributed by atoms with Gasteiger partial charge in [0.05, 0.1) is 5.56 Å². The second kappa shape index (κ2) is 10.0. The molecule has 1 unspecified atom stereocenters. The third-order valence-electron chi connectivity index (χ3n) is 4.00. The van der Waals surface area contributed by atoms with Crippen molar-refractivity contribution < 1.29 is 9.59 Å². The van der Waals surface area contributed by atoms with Crippen LogP contribution < -0.4 is 16.0 Å². The molecule has 2 rings (SSSR count). The van der Waals surface area contributed by atoms with Crippen LogP contribution in [0.25, 0.3) is 0 Å². The van der Waals surface area contributed by atoms with Crippen molar-refractivity contribution in [3.8, 4) is 0 Å². The average Bonchev–Trinajstić information content (AvgIpc) is 2.53. The predicted octanol–water partition coefficient (Wildman–Crippen LogP) is 2.49. The minimum Gasteiger partial charge on any atom is -0.350 e. The van der Waals surface area contributed by atoms with Gasteiger partial charge >= 0.3 is 0 Å². The van der Waals surface area contributed by atoms with Crippen molar-refractivity contribution in [3.63, 3.8) is 0 Å². The van der Waals surface area contributed by atoms with Crippen LogP contribution in [0.2, 0.25) is 0 Å². The molecule has 1 aromatic rings. The number of nitrogens with one attached hydrogen (secondary N) is 3. The lowest BCUT2D eigenvalue weighted by atomic mass is 10.0. The summed E-state index contributed by atoms with van der Waals surface area (Å²) in [6.07, 6.45) is 2.03. The molecule has 0 saturated carbocycles. The lowest BCUT2D eigenvalue weighted by Crippen LogP contribution is -2.54. The predicted molar refractivity (Wildman–Crippen MR) is 102 cm³/mol. The molecule has 1 aromatic carbocycles. The molecule has 0 aliphatic carbocycles. The number of rotatable bonds is 5. The maximum Gasteiger partial charge on any atom is 0.253 e. The maximum atomic E-state index is 12.5. The highest BCUT2D eigenvalue weighted by Crippen LogP contribution is 2.16. The van der Waals surface area contributed by atoms with Crippen LogP contribution >= 0.6 is 28.3 Å². The smallest absolute Gasteiger partial charge is 0.253 e. The molecule has 1 saturated heterocycles. The minimum atomic E-state index is -0.545. The van der Waals surface area contributed by atoms with Crippen LogP contribution in [0.5, 0.6) is 0 Å². The van der Waals surface area contributed by atoms with Crippen molar-refractivity contribution in [1.82, 2.24) is 16.0 Å². The summed E-state index contributed by atoms with van der Waals surface area (Å²) in [7, 11) is 0. The largest absolute Gasteiger partial charge is 0.350 e. The van der Waals surface area contributed by atoms with Gasteiger partial charge in [0.25, 0.3) is 5.91 Å². The van der Waals surface area contributed by atoms with E-state index in [9.17, 15) is 9.59 Å². The quantitative estimate of drug-likeness (QED) is 0.688. The summed E-state index contributed by atoms with van der Waals surface area (Å²) in [6, 6.07) is 6.79. The Morgan fingerprint density at radius 1 is 1.29 bits per heavy atom. The highest BCUT2D eigenvalue weighted by molar-refractivity contribution is 9.10. The first-order chi connectivity index (χ1) is 11.0. The molecule has 1 fully saturated rings. The van der Waals surface area contributed by atoms with Gasteiger partial charge in [-0.05, 0) is 53.4 Å². The van der Waals surface area contributed by atoms with E-state index in [4.69, 9.17) is 0 Å². The Morgan fingerprint density at radius 3 is 2.58 bits per heavy atom. The zero-order valence-electron chi connectivity index (χ0n) is 14.0. The Morgan fingerprint density at radius 2 is 2.00 bits per heavy atom. The van der Waals surface area contributed by atoms with Crippen molar-refractivity contribution in [1.29, 1.82) is 0 Å². The van der Waals surface area contributed by atoms with E-state index in [0.29, 0.717) is 5.56 Å². The molecule has 0 radical (unpaired) electrons. The number of carbonyl (C=O) groups excluding carboxylic acids is 2. The second-order valence-electron chi connectivity index (χ2n) is 6.23. The van der Waals surface area contributed by atoms with Crippen LogP contribution in [-0.2, 0) is 4.79 Å². The van der Waals surface area contributed by atoms with Crippen molar-refractivity contribution in [2.45, 2.75) is 38.8 Å². The van der Waals surface area contributed by atoms with Gasteiger partial charge in [-0.25, -0.2) is 0 Å².